The third-order valence-corrected chi connectivity index (χ3v) is 5.22. The number of halogens is 1. The fraction of sp³-hybridized carbons (Fsp3) is 0.941. The molecule has 1 amide bonds. The van der Waals surface area contributed by atoms with E-state index < -0.39 is 5.60 Å². The van der Waals surface area contributed by atoms with Gasteiger partial charge in [-0.3, -0.25) is 0 Å². The van der Waals surface area contributed by atoms with Crippen LogP contribution in [-0.4, -0.2) is 46.3 Å². The molecule has 1 rings (SSSR count). The number of nitrogens with zero attached hydrogens (tertiary/aromatic N) is 1. The van der Waals surface area contributed by atoms with Crippen LogP contribution in [0.15, 0.2) is 0 Å². The highest BCUT2D eigenvalue weighted by Crippen LogP contribution is 2.31. The highest BCUT2D eigenvalue weighted by molar-refractivity contribution is 14.1. The van der Waals surface area contributed by atoms with Gasteiger partial charge in [-0.05, 0) is 45.4 Å². The van der Waals surface area contributed by atoms with Crippen LogP contribution in [0.25, 0.3) is 0 Å². The van der Waals surface area contributed by atoms with Crippen LogP contribution in [-0.2, 0) is 9.47 Å². The second kappa shape index (κ2) is 7.69. The molecule has 0 aromatic heterocycles. The highest BCUT2D eigenvalue weighted by atomic mass is 127. The van der Waals surface area contributed by atoms with Gasteiger partial charge < -0.3 is 14.4 Å². The van der Waals surface area contributed by atoms with E-state index in [4.69, 9.17) is 9.47 Å². The molecule has 0 N–H and O–H groups in total. The summed E-state index contributed by atoms with van der Waals surface area (Å²) >= 11 is 2.41. The summed E-state index contributed by atoms with van der Waals surface area (Å²) < 4.78 is 12.7. The Bertz CT molecular complexity index is 363. The van der Waals surface area contributed by atoms with Crippen molar-refractivity contribution in [1.29, 1.82) is 0 Å². The molecular weight excluding hydrogens is 393 g/mol. The van der Waals surface area contributed by atoms with E-state index in [2.05, 4.69) is 43.4 Å². The highest BCUT2D eigenvalue weighted by Gasteiger charge is 2.37. The number of rotatable bonds is 4. The molecule has 1 saturated heterocycles. The first-order chi connectivity index (χ1) is 9.96. The van der Waals surface area contributed by atoms with Crippen LogP contribution in [0, 0.1) is 5.41 Å². The lowest BCUT2D eigenvalue weighted by atomic mass is 9.91. The Morgan fingerprint density at radius 2 is 1.68 bits per heavy atom. The van der Waals surface area contributed by atoms with Gasteiger partial charge >= 0.3 is 6.09 Å². The molecule has 0 bridgehead atoms. The number of hydrogen-bond acceptors (Lipinski definition) is 3. The van der Waals surface area contributed by atoms with Crippen LogP contribution in [0.2, 0.25) is 0 Å². The summed E-state index contributed by atoms with van der Waals surface area (Å²) in [6, 6.07) is 0. The maximum Gasteiger partial charge on any atom is 0.410 e. The summed E-state index contributed by atoms with van der Waals surface area (Å²) in [6.07, 6.45) is 2.63. The summed E-state index contributed by atoms with van der Waals surface area (Å²) in [4.78, 5) is 13.9. The average molecular weight is 425 g/mol. The van der Waals surface area contributed by atoms with Crippen molar-refractivity contribution < 1.29 is 14.3 Å². The van der Waals surface area contributed by atoms with Gasteiger partial charge in [0.05, 0.1) is 5.60 Å². The first-order valence-electron chi connectivity index (χ1n) is 8.14. The Morgan fingerprint density at radius 1 is 1.14 bits per heavy atom. The molecule has 0 aromatic rings. The lowest BCUT2D eigenvalue weighted by Crippen LogP contribution is -2.50. The second-order valence-corrected chi connectivity index (χ2v) is 9.21. The van der Waals surface area contributed by atoms with Crippen LogP contribution in [0.4, 0.5) is 4.79 Å². The van der Waals surface area contributed by atoms with Crippen LogP contribution >= 0.6 is 22.6 Å². The summed E-state index contributed by atoms with van der Waals surface area (Å²) in [7, 11) is 0. The molecule has 0 aliphatic carbocycles. The second-order valence-electron chi connectivity index (χ2n) is 8.44. The summed E-state index contributed by atoms with van der Waals surface area (Å²) in [6.45, 7) is 14.6. The Kier molecular flexibility index (Phi) is 6.99. The first-order valence-corrected chi connectivity index (χ1v) is 9.67. The molecule has 22 heavy (non-hydrogen) atoms. The molecule has 0 atom stereocenters. The monoisotopic (exact) mass is 425 g/mol. The van der Waals surface area contributed by atoms with Gasteiger partial charge in [0.1, 0.15) is 5.60 Å². The zero-order valence-corrected chi connectivity index (χ0v) is 17.2. The Balaban J connectivity index is 2.48. The zero-order valence-electron chi connectivity index (χ0n) is 15.0. The number of amides is 1. The number of hydrogen-bond donors (Lipinski definition) is 0. The van der Waals surface area contributed by atoms with E-state index in [1.165, 1.54) is 0 Å². The normalized spacial score (nSPS) is 19.1. The molecule has 1 aliphatic rings. The van der Waals surface area contributed by atoms with Gasteiger partial charge in [0.2, 0.25) is 0 Å². The van der Waals surface area contributed by atoms with E-state index in [9.17, 15) is 4.79 Å². The van der Waals surface area contributed by atoms with Crippen molar-refractivity contribution in [2.45, 2.75) is 72.0 Å². The predicted molar refractivity (Wildman–Crippen MR) is 98.7 cm³/mol. The SMILES string of the molecule is CC(C)(C)CCOC1(CI)CCN(C(=O)OC(C)(C)C)CC1. The van der Waals surface area contributed by atoms with E-state index in [0.717, 1.165) is 30.3 Å². The van der Waals surface area contributed by atoms with Gasteiger partial charge in [-0.25, -0.2) is 4.79 Å². The van der Waals surface area contributed by atoms with Crippen molar-refractivity contribution in [3.05, 3.63) is 0 Å². The lowest BCUT2D eigenvalue weighted by molar-refractivity contribution is -0.0732. The first kappa shape index (κ1) is 20.0. The molecule has 130 valence electrons. The zero-order chi connectivity index (χ0) is 17.0. The summed E-state index contributed by atoms with van der Waals surface area (Å²) in [5.74, 6) is 0. The fourth-order valence-electron chi connectivity index (χ4n) is 2.31. The van der Waals surface area contributed by atoms with Crippen molar-refractivity contribution in [2.24, 2.45) is 5.41 Å². The van der Waals surface area contributed by atoms with Gasteiger partial charge in [-0.15, -0.1) is 0 Å². The average Bonchev–Trinajstić information content (AvgIpc) is 2.36. The van der Waals surface area contributed by atoms with Gasteiger partial charge in [0.15, 0.2) is 0 Å². The number of ether oxygens (including phenoxy) is 2. The minimum absolute atomic E-state index is 0.0790. The Morgan fingerprint density at radius 3 is 2.09 bits per heavy atom. The Labute approximate surface area is 149 Å². The van der Waals surface area contributed by atoms with Crippen molar-refractivity contribution >= 4 is 28.7 Å². The molecule has 0 spiro atoms. The van der Waals surface area contributed by atoms with Gasteiger partial charge in [-0.2, -0.15) is 0 Å². The molecule has 1 aliphatic heterocycles. The molecule has 4 nitrogen and oxygen atoms in total. The fourth-order valence-corrected chi connectivity index (χ4v) is 3.30. The summed E-state index contributed by atoms with van der Waals surface area (Å²) in [5, 5.41) is 0. The minimum Gasteiger partial charge on any atom is -0.444 e. The minimum atomic E-state index is -0.432. The van der Waals surface area contributed by atoms with Crippen molar-refractivity contribution in [2.75, 3.05) is 24.1 Å². The predicted octanol–water partition coefficient (Wildman–Crippen LogP) is 4.64. The molecular formula is C17H32INO3. The maximum atomic E-state index is 12.1. The topological polar surface area (TPSA) is 38.8 Å². The van der Waals surface area contributed by atoms with Crippen LogP contribution in [0.5, 0.6) is 0 Å². The number of likely N-dealkylation sites (tertiary alicyclic amines) is 1. The number of piperidine rings is 1. The van der Waals surface area contributed by atoms with Crippen LogP contribution in [0.3, 0.4) is 0 Å². The van der Waals surface area contributed by atoms with Crippen molar-refractivity contribution in [3.8, 4) is 0 Å². The summed E-state index contributed by atoms with van der Waals surface area (Å²) in [5.41, 5.74) is -0.216. The van der Waals surface area contributed by atoms with Crippen molar-refractivity contribution in [3.63, 3.8) is 0 Å². The largest absolute Gasteiger partial charge is 0.444 e. The molecule has 0 aromatic carbocycles. The molecule has 0 unspecified atom stereocenters. The van der Waals surface area contributed by atoms with E-state index in [1.807, 2.05) is 25.7 Å². The number of alkyl halides is 1. The van der Waals surface area contributed by atoms with E-state index >= 15 is 0 Å². The van der Waals surface area contributed by atoms with Crippen molar-refractivity contribution in [1.82, 2.24) is 4.90 Å². The van der Waals surface area contributed by atoms with Gasteiger partial charge in [-0.1, -0.05) is 43.4 Å². The quantitative estimate of drug-likeness (QED) is 0.487. The van der Waals surface area contributed by atoms with Gasteiger partial charge in [0.25, 0.3) is 0 Å². The van der Waals surface area contributed by atoms with Gasteiger partial charge in [0, 0.05) is 24.1 Å². The molecule has 5 heteroatoms. The van der Waals surface area contributed by atoms with E-state index in [0.29, 0.717) is 18.5 Å². The van der Waals surface area contributed by atoms with Crippen LogP contribution < -0.4 is 0 Å². The number of carbonyl (C=O) groups excluding carboxylic acids is 1. The van der Waals surface area contributed by atoms with Crippen LogP contribution in [0.1, 0.15) is 60.8 Å². The standard InChI is InChI=1S/C17H32INO3/c1-15(2,3)9-12-21-17(13-18)7-10-19(11-8-17)14(20)22-16(4,5)6/h7-13H2,1-6H3. The lowest BCUT2D eigenvalue weighted by Gasteiger charge is -2.41. The molecule has 1 heterocycles. The molecule has 0 saturated carbocycles. The molecule has 0 radical (unpaired) electrons. The maximum absolute atomic E-state index is 12.1. The number of carbonyl (C=O) groups is 1. The van der Waals surface area contributed by atoms with E-state index in [-0.39, 0.29) is 11.7 Å². The third-order valence-electron chi connectivity index (χ3n) is 3.83. The third kappa shape index (κ3) is 7.02. The van der Waals surface area contributed by atoms with E-state index in [1.54, 1.807) is 0 Å². The molecule has 1 fully saturated rings. The Hall–Kier alpha value is -0.0400. The smallest absolute Gasteiger partial charge is 0.410 e.